The van der Waals surface area contributed by atoms with E-state index >= 15 is 0 Å². The van der Waals surface area contributed by atoms with E-state index in [1.165, 1.54) is 5.56 Å². The monoisotopic (exact) mass is 424 g/mol. The normalized spacial score (nSPS) is 25.2. The average molecular weight is 425 g/mol. The Morgan fingerprint density at radius 2 is 1.76 bits per heavy atom. The molecule has 0 aliphatic heterocycles. The zero-order valence-electron chi connectivity index (χ0n) is 17.3. The number of rotatable bonds is 10. The van der Waals surface area contributed by atoms with Gasteiger partial charge in [0.15, 0.2) is 0 Å². The van der Waals surface area contributed by atoms with Crippen molar-refractivity contribution in [3.63, 3.8) is 0 Å². The molecule has 0 radical (unpaired) electrons. The van der Waals surface area contributed by atoms with Crippen LogP contribution in [-0.4, -0.2) is 44.1 Å². The van der Waals surface area contributed by atoms with Crippen LogP contribution in [-0.2, 0) is 11.2 Å². The Bertz CT molecular complexity index is 645. The number of carbonyl (C=O) groups excluding carboxylic acids is 1. The van der Waals surface area contributed by atoms with Crippen LogP contribution < -0.4 is 10.0 Å². The SMILES string of the molecule is CC(Cc1ccccc1)CC(O)CNS(O)(O)C1CCC(NC(=O)C2CC2)CC1. The van der Waals surface area contributed by atoms with E-state index in [-0.39, 0.29) is 29.7 Å². The standard InChI is InChI=1S/C22H36N2O4S/c1-16(13-17-5-3-2-4-6-17)14-20(25)15-23-29(27,28)21-11-9-19(10-12-21)24-22(26)18-7-8-18/h2-6,16,18-21,23,25,27-28H,7-15H2,1H3,(H,24,26). The van der Waals surface area contributed by atoms with Crippen LogP contribution in [0.4, 0.5) is 0 Å². The first kappa shape index (κ1) is 22.6. The van der Waals surface area contributed by atoms with Gasteiger partial charge in [0.2, 0.25) is 5.91 Å². The summed E-state index contributed by atoms with van der Waals surface area (Å²) in [5.41, 5.74) is 1.25. The summed E-state index contributed by atoms with van der Waals surface area (Å²) in [6, 6.07) is 10.3. The third-order valence-corrected chi connectivity index (χ3v) is 8.06. The molecule has 1 amide bonds. The van der Waals surface area contributed by atoms with E-state index in [1.54, 1.807) is 0 Å². The molecule has 6 nitrogen and oxygen atoms in total. The van der Waals surface area contributed by atoms with E-state index in [0.29, 0.717) is 25.2 Å². The molecule has 0 aromatic heterocycles. The number of aliphatic hydroxyl groups is 1. The molecule has 2 aliphatic rings. The molecule has 3 rings (SSSR count). The van der Waals surface area contributed by atoms with Gasteiger partial charge < -0.3 is 10.4 Å². The van der Waals surface area contributed by atoms with Gasteiger partial charge in [0.1, 0.15) is 0 Å². The van der Waals surface area contributed by atoms with Crippen molar-refractivity contribution in [1.29, 1.82) is 0 Å². The van der Waals surface area contributed by atoms with Crippen molar-refractivity contribution >= 4 is 16.7 Å². The molecule has 0 bridgehead atoms. The third kappa shape index (κ3) is 7.26. The van der Waals surface area contributed by atoms with E-state index in [9.17, 15) is 19.0 Å². The van der Waals surface area contributed by atoms with Crippen molar-refractivity contribution in [3.8, 4) is 0 Å². The fraction of sp³-hybridized carbons (Fsp3) is 0.682. The molecular formula is C22H36N2O4S. The molecule has 29 heavy (non-hydrogen) atoms. The van der Waals surface area contributed by atoms with Gasteiger partial charge in [-0.25, -0.2) is 4.72 Å². The summed E-state index contributed by atoms with van der Waals surface area (Å²) in [4.78, 5) is 11.9. The van der Waals surface area contributed by atoms with E-state index in [1.807, 2.05) is 18.2 Å². The number of aliphatic hydroxyl groups excluding tert-OH is 1. The van der Waals surface area contributed by atoms with Gasteiger partial charge in [-0.05, 0) is 62.8 Å². The highest BCUT2D eigenvalue weighted by Crippen LogP contribution is 2.46. The molecule has 1 aromatic carbocycles. The van der Waals surface area contributed by atoms with E-state index in [2.05, 4.69) is 29.1 Å². The molecule has 0 spiro atoms. The van der Waals surface area contributed by atoms with Crippen LogP contribution in [0.15, 0.2) is 30.3 Å². The number of amides is 1. The molecular weight excluding hydrogens is 388 g/mol. The molecule has 1 aromatic rings. The summed E-state index contributed by atoms with van der Waals surface area (Å²) < 4.78 is 23.9. The number of nitrogens with one attached hydrogen (secondary N) is 2. The lowest BCUT2D eigenvalue weighted by Crippen LogP contribution is -2.42. The Morgan fingerprint density at radius 1 is 1.10 bits per heavy atom. The van der Waals surface area contributed by atoms with Gasteiger partial charge in [0.25, 0.3) is 0 Å². The molecule has 2 unspecified atom stereocenters. The van der Waals surface area contributed by atoms with Crippen molar-refractivity contribution in [3.05, 3.63) is 35.9 Å². The van der Waals surface area contributed by atoms with Crippen LogP contribution >= 0.6 is 10.8 Å². The van der Waals surface area contributed by atoms with Crippen LogP contribution in [0.5, 0.6) is 0 Å². The molecule has 0 saturated heterocycles. The highest BCUT2D eigenvalue weighted by molar-refractivity contribution is 8.23. The lowest BCUT2D eigenvalue weighted by Gasteiger charge is -2.44. The minimum atomic E-state index is -2.95. The molecule has 2 saturated carbocycles. The predicted molar refractivity (Wildman–Crippen MR) is 118 cm³/mol. The first-order valence-corrected chi connectivity index (χ1v) is 12.5. The Morgan fingerprint density at radius 3 is 2.38 bits per heavy atom. The van der Waals surface area contributed by atoms with Crippen molar-refractivity contribution < 1.29 is 19.0 Å². The van der Waals surface area contributed by atoms with Gasteiger partial charge in [-0.15, -0.1) is 10.8 Å². The maximum absolute atomic E-state index is 11.9. The number of hydrogen-bond acceptors (Lipinski definition) is 5. The smallest absolute Gasteiger partial charge is 0.223 e. The molecule has 2 aliphatic carbocycles. The van der Waals surface area contributed by atoms with Crippen LogP contribution in [0.3, 0.4) is 0 Å². The van der Waals surface area contributed by atoms with E-state index in [4.69, 9.17) is 0 Å². The zero-order chi connectivity index (χ0) is 20.9. The number of carbonyl (C=O) groups is 1. The van der Waals surface area contributed by atoms with Crippen molar-refractivity contribution in [2.24, 2.45) is 11.8 Å². The van der Waals surface area contributed by atoms with Crippen LogP contribution in [0, 0.1) is 11.8 Å². The van der Waals surface area contributed by atoms with Gasteiger partial charge in [-0.2, -0.15) is 0 Å². The van der Waals surface area contributed by atoms with Crippen LogP contribution in [0.25, 0.3) is 0 Å². The second-order valence-electron chi connectivity index (χ2n) is 8.88. The lowest BCUT2D eigenvalue weighted by molar-refractivity contribution is -0.123. The molecule has 2 fully saturated rings. The topological polar surface area (TPSA) is 102 Å². The molecule has 164 valence electrons. The van der Waals surface area contributed by atoms with Crippen molar-refractivity contribution in [2.45, 2.75) is 75.7 Å². The molecule has 2 atom stereocenters. The summed E-state index contributed by atoms with van der Waals surface area (Å²) >= 11 is 0. The van der Waals surface area contributed by atoms with Gasteiger partial charge >= 0.3 is 0 Å². The van der Waals surface area contributed by atoms with Gasteiger partial charge in [-0.3, -0.25) is 13.9 Å². The van der Waals surface area contributed by atoms with Crippen molar-refractivity contribution in [1.82, 2.24) is 10.0 Å². The van der Waals surface area contributed by atoms with Gasteiger partial charge in [-0.1, -0.05) is 37.3 Å². The maximum Gasteiger partial charge on any atom is 0.223 e. The summed E-state index contributed by atoms with van der Waals surface area (Å²) in [5, 5.41) is 13.2. The Balaban J connectivity index is 1.36. The second-order valence-corrected chi connectivity index (χ2v) is 11.0. The third-order valence-electron chi connectivity index (χ3n) is 6.07. The largest absolute Gasteiger partial charge is 0.392 e. The molecule has 5 N–H and O–H groups in total. The Hall–Kier alpha value is -1.12. The summed E-state index contributed by atoms with van der Waals surface area (Å²) in [6.07, 6.45) is 5.78. The van der Waals surface area contributed by atoms with E-state index in [0.717, 1.165) is 32.1 Å². The average Bonchev–Trinajstić information content (AvgIpc) is 3.53. The highest BCUT2D eigenvalue weighted by Gasteiger charge is 2.35. The highest BCUT2D eigenvalue weighted by atomic mass is 32.3. The number of benzene rings is 1. The zero-order valence-corrected chi connectivity index (χ0v) is 18.1. The first-order chi connectivity index (χ1) is 13.8. The second kappa shape index (κ2) is 10.3. The predicted octanol–water partition coefficient (Wildman–Crippen LogP) is 3.71. The summed E-state index contributed by atoms with van der Waals surface area (Å²) in [7, 11) is -2.95. The maximum atomic E-state index is 11.9. The van der Waals surface area contributed by atoms with Crippen molar-refractivity contribution in [2.75, 3.05) is 6.54 Å². The summed E-state index contributed by atoms with van der Waals surface area (Å²) in [5.74, 6) is 0.674. The van der Waals surface area contributed by atoms with Crippen LogP contribution in [0.1, 0.15) is 57.4 Å². The fourth-order valence-corrected chi connectivity index (χ4v) is 5.79. The first-order valence-electron chi connectivity index (χ1n) is 10.9. The Labute approximate surface area is 176 Å². The summed E-state index contributed by atoms with van der Waals surface area (Å²) in [6.45, 7) is 2.28. The molecule has 0 heterocycles. The minimum absolute atomic E-state index is 0.152. The quantitative estimate of drug-likeness (QED) is 0.394. The fourth-order valence-electron chi connectivity index (χ4n) is 4.18. The van der Waals surface area contributed by atoms with Crippen LogP contribution in [0.2, 0.25) is 0 Å². The Kier molecular flexibility index (Phi) is 7.99. The number of hydrogen-bond donors (Lipinski definition) is 5. The minimum Gasteiger partial charge on any atom is -0.392 e. The molecule has 7 heteroatoms. The van der Waals surface area contributed by atoms with E-state index < -0.39 is 16.9 Å². The van der Waals surface area contributed by atoms with Gasteiger partial charge in [0.05, 0.1) is 11.4 Å². The van der Waals surface area contributed by atoms with Gasteiger partial charge in [0, 0.05) is 18.5 Å². The lowest BCUT2D eigenvalue weighted by atomic mass is 9.95.